The Hall–Kier alpha value is -0.890. The first-order valence-electron chi connectivity index (χ1n) is 7.12. The molecule has 8 heteroatoms. The monoisotopic (exact) mass is 414 g/mol. The van der Waals surface area contributed by atoms with Crippen LogP contribution in [0.25, 0.3) is 0 Å². The molecule has 0 bridgehead atoms. The SMILES string of the molecule is CCCCC(CC(F)(F)F)S(=O)(=O)CC(=O)c1ccc(Br)cc1. The third-order valence-electron chi connectivity index (χ3n) is 3.35. The van der Waals surface area contributed by atoms with Crippen molar-refractivity contribution < 1.29 is 26.4 Å². The Morgan fingerprint density at radius 1 is 1.22 bits per heavy atom. The van der Waals surface area contributed by atoms with Gasteiger partial charge in [0.2, 0.25) is 0 Å². The van der Waals surface area contributed by atoms with Crippen LogP contribution in [0.2, 0.25) is 0 Å². The Morgan fingerprint density at radius 3 is 2.26 bits per heavy atom. The van der Waals surface area contributed by atoms with E-state index in [0.717, 1.165) is 4.47 Å². The highest BCUT2D eigenvalue weighted by Gasteiger charge is 2.38. The second kappa shape index (κ2) is 8.28. The fourth-order valence-corrected chi connectivity index (χ4v) is 4.12. The third-order valence-corrected chi connectivity index (χ3v) is 5.96. The van der Waals surface area contributed by atoms with Crippen LogP contribution >= 0.6 is 15.9 Å². The van der Waals surface area contributed by atoms with E-state index in [1.54, 1.807) is 19.1 Å². The molecule has 0 fully saturated rings. The molecule has 0 aromatic heterocycles. The molecule has 0 saturated carbocycles. The molecule has 0 amide bonds. The molecule has 0 spiro atoms. The van der Waals surface area contributed by atoms with Crippen molar-refractivity contribution >= 4 is 31.6 Å². The molecule has 0 radical (unpaired) electrons. The molecule has 0 aliphatic rings. The number of benzene rings is 1. The van der Waals surface area contributed by atoms with Gasteiger partial charge in [-0.15, -0.1) is 0 Å². The summed E-state index contributed by atoms with van der Waals surface area (Å²) in [5, 5.41) is -1.57. The second-order valence-electron chi connectivity index (χ2n) is 5.32. The van der Waals surface area contributed by atoms with Crippen molar-refractivity contribution in [2.75, 3.05) is 5.75 Å². The van der Waals surface area contributed by atoms with E-state index in [9.17, 15) is 26.4 Å². The van der Waals surface area contributed by atoms with Gasteiger partial charge in [0.1, 0.15) is 5.75 Å². The van der Waals surface area contributed by atoms with Crippen LogP contribution in [-0.2, 0) is 9.84 Å². The molecule has 0 aliphatic carbocycles. The normalized spacial score (nSPS) is 13.8. The maximum Gasteiger partial charge on any atom is 0.390 e. The first-order chi connectivity index (χ1) is 10.5. The van der Waals surface area contributed by atoms with E-state index in [-0.39, 0.29) is 12.0 Å². The van der Waals surface area contributed by atoms with Crippen LogP contribution in [0.5, 0.6) is 0 Å². The number of ketones is 1. The minimum Gasteiger partial charge on any atom is -0.293 e. The number of rotatable bonds is 8. The van der Waals surface area contributed by atoms with Gasteiger partial charge in [-0.05, 0) is 18.6 Å². The summed E-state index contributed by atoms with van der Waals surface area (Å²) in [6.07, 6.45) is -5.13. The van der Waals surface area contributed by atoms with Crippen molar-refractivity contribution in [1.29, 1.82) is 0 Å². The summed E-state index contributed by atoms with van der Waals surface area (Å²) in [5.41, 5.74) is 0.165. The lowest BCUT2D eigenvalue weighted by molar-refractivity contribution is -0.134. The summed E-state index contributed by atoms with van der Waals surface area (Å²) in [6, 6.07) is 6.02. The van der Waals surface area contributed by atoms with Gasteiger partial charge in [0.15, 0.2) is 15.6 Å². The van der Waals surface area contributed by atoms with Crippen molar-refractivity contribution in [3.63, 3.8) is 0 Å². The molecule has 0 heterocycles. The van der Waals surface area contributed by atoms with E-state index in [2.05, 4.69) is 15.9 Å². The molecule has 0 saturated heterocycles. The van der Waals surface area contributed by atoms with Gasteiger partial charge in [-0.1, -0.05) is 47.8 Å². The lowest BCUT2D eigenvalue weighted by Gasteiger charge is -2.18. The van der Waals surface area contributed by atoms with Crippen molar-refractivity contribution in [1.82, 2.24) is 0 Å². The summed E-state index contributed by atoms with van der Waals surface area (Å²) in [4.78, 5) is 12.0. The number of unbranched alkanes of at least 4 members (excludes halogenated alkanes) is 1. The van der Waals surface area contributed by atoms with Gasteiger partial charge in [0.25, 0.3) is 0 Å². The van der Waals surface area contributed by atoms with Crippen LogP contribution in [0.4, 0.5) is 13.2 Å². The Kier molecular flexibility index (Phi) is 7.26. The first-order valence-corrected chi connectivity index (χ1v) is 9.63. The van der Waals surface area contributed by atoms with E-state index in [1.165, 1.54) is 12.1 Å². The van der Waals surface area contributed by atoms with Crippen LogP contribution in [0.15, 0.2) is 28.7 Å². The Morgan fingerprint density at radius 2 is 1.78 bits per heavy atom. The number of carbonyl (C=O) groups is 1. The quantitative estimate of drug-likeness (QED) is 0.585. The molecule has 1 unspecified atom stereocenters. The molecular formula is C15H18BrF3O3S. The van der Waals surface area contributed by atoms with E-state index < -0.39 is 39.2 Å². The third kappa shape index (κ3) is 7.03. The maximum absolute atomic E-state index is 12.6. The standard InChI is InChI=1S/C15H18BrF3O3S/c1-2-3-4-13(9-15(17,18)19)23(21,22)10-14(20)11-5-7-12(16)8-6-11/h5-8,13H,2-4,9-10H2,1H3. The van der Waals surface area contributed by atoms with Crippen molar-refractivity contribution in [2.45, 2.75) is 44.0 Å². The minimum atomic E-state index is -4.58. The maximum atomic E-state index is 12.6. The largest absolute Gasteiger partial charge is 0.390 e. The number of hydrogen-bond acceptors (Lipinski definition) is 3. The van der Waals surface area contributed by atoms with E-state index in [4.69, 9.17) is 0 Å². The summed E-state index contributed by atoms with van der Waals surface area (Å²) >= 11 is 3.19. The molecule has 1 aromatic rings. The molecule has 23 heavy (non-hydrogen) atoms. The highest BCUT2D eigenvalue weighted by Crippen LogP contribution is 2.28. The summed E-state index contributed by atoms with van der Waals surface area (Å²) in [6.45, 7) is 1.77. The van der Waals surface area contributed by atoms with Crippen LogP contribution < -0.4 is 0 Å². The van der Waals surface area contributed by atoms with E-state index in [1.807, 2.05) is 0 Å². The van der Waals surface area contributed by atoms with Crippen molar-refractivity contribution in [3.05, 3.63) is 34.3 Å². The highest BCUT2D eigenvalue weighted by atomic mass is 79.9. The molecule has 0 aliphatic heterocycles. The van der Waals surface area contributed by atoms with Crippen LogP contribution in [0.3, 0.4) is 0 Å². The summed E-state index contributed by atoms with van der Waals surface area (Å²) in [5.74, 6) is -1.60. The van der Waals surface area contributed by atoms with Crippen LogP contribution in [0, 0.1) is 0 Å². The average molecular weight is 415 g/mol. The predicted octanol–water partition coefficient (Wildman–Crippen LogP) is 4.56. The Bertz CT molecular complexity index is 624. The van der Waals surface area contributed by atoms with Gasteiger partial charge in [-0.2, -0.15) is 13.2 Å². The Labute approximate surface area is 142 Å². The van der Waals surface area contributed by atoms with E-state index in [0.29, 0.717) is 12.8 Å². The number of halogens is 4. The van der Waals surface area contributed by atoms with Gasteiger partial charge in [-0.25, -0.2) is 8.42 Å². The Balaban J connectivity index is 2.91. The zero-order valence-electron chi connectivity index (χ0n) is 12.6. The zero-order chi connectivity index (χ0) is 17.7. The second-order valence-corrected chi connectivity index (χ2v) is 8.52. The average Bonchev–Trinajstić information content (AvgIpc) is 2.42. The van der Waals surface area contributed by atoms with Crippen molar-refractivity contribution in [2.24, 2.45) is 0 Å². The summed E-state index contributed by atoms with van der Waals surface area (Å²) in [7, 11) is -4.17. The smallest absolute Gasteiger partial charge is 0.293 e. The van der Waals surface area contributed by atoms with Gasteiger partial charge in [0, 0.05) is 10.0 Å². The fourth-order valence-electron chi connectivity index (χ4n) is 2.12. The number of carbonyl (C=O) groups excluding carboxylic acids is 1. The van der Waals surface area contributed by atoms with Gasteiger partial charge in [-0.3, -0.25) is 4.79 Å². The zero-order valence-corrected chi connectivity index (χ0v) is 15.0. The molecule has 1 atom stereocenters. The molecular weight excluding hydrogens is 397 g/mol. The summed E-state index contributed by atoms with van der Waals surface area (Å²) < 4.78 is 63.0. The number of Topliss-reactive ketones (excluding diaryl/α,β-unsaturated/α-hetero) is 1. The lowest BCUT2D eigenvalue weighted by atomic mass is 10.1. The molecule has 0 N–H and O–H groups in total. The van der Waals surface area contributed by atoms with Crippen LogP contribution in [-0.4, -0.2) is 31.4 Å². The number of hydrogen-bond donors (Lipinski definition) is 0. The van der Waals surface area contributed by atoms with Crippen molar-refractivity contribution in [3.8, 4) is 0 Å². The fraction of sp³-hybridized carbons (Fsp3) is 0.533. The molecule has 1 rings (SSSR count). The molecule has 3 nitrogen and oxygen atoms in total. The van der Waals surface area contributed by atoms with E-state index >= 15 is 0 Å². The lowest BCUT2D eigenvalue weighted by Crippen LogP contribution is -2.32. The topological polar surface area (TPSA) is 51.2 Å². The number of sulfone groups is 1. The van der Waals surface area contributed by atoms with Gasteiger partial charge in [0.05, 0.1) is 11.7 Å². The van der Waals surface area contributed by atoms with Gasteiger partial charge < -0.3 is 0 Å². The van der Waals surface area contributed by atoms with Crippen LogP contribution in [0.1, 0.15) is 43.0 Å². The molecule has 130 valence electrons. The van der Waals surface area contributed by atoms with Gasteiger partial charge >= 0.3 is 6.18 Å². The highest BCUT2D eigenvalue weighted by molar-refractivity contribution is 9.10. The molecule has 1 aromatic carbocycles. The predicted molar refractivity (Wildman–Crippen MR) is 86.2 cm³/mol. The number of alkyl halides is 3. The minimum absolute atomic E-state index is 0.0913. The first kappa shape index (κ1) is 20.2.